The van der Waals surface area contributed by atoms with E-state index in [9.17, 15) is 19.2 Å². The third kappa shape index (κ3) is 4.52. The molecule has 2 N–H and O–H groups in total. The Balaban J connectivity index is 1.73. The minimum absolute atomic E-state index is 0.0310. The van der Waals surface area contributed by atoms with E-state index >= 15 is 0 Å². The molecular weight excluding hydrogens is 397 g/mol. The lowest BCUT2D eigenvalue weighted by molar-refractivity contribution is -0.134. The second-order valence-corrected chi connectivity index (χ2v) is 8.79. The van der Waals surface area contributed by atoms with Gasteiger partial charge in [-0.25, -0.2) is 9.18 Å². The van der Waals surface area contributed by atoms with Crippen molar-refractivity contribution in [3.63, 3.8) is 0 Å². The molecule has 7 nitrogen and oxygen atoms in total. The van der Waals surface area contributed by atoms with E-state index < -0.39 is 18.1 Å². The number of nitrogens with two attached hydrogens (primary N) is 1. The average molecular weight is 430 g/mol. The van der Waals surface area contributed by atoms with Crippen LogP contribution in [-0.4, -0.2) is 63.9 Å². The molecule has 0 radical (unpaired) electrons. The van der Waals surface area contributed by atoms with E-state index in [1.165, 1.54) is 6.07 Å². The molecule has 1 aliphatic heterocycles. The molecule has 8 heteroatoms. The zero-order chi connectivity index (χ0) is 22.9. The van der Waals surface area contributed by atoms with Gasteiger partial charge in [-0.2, -0.15) is 5.26 Å². The average Bonchev–Trinajstić information content (AvgIpc) is 3.38. The quantitative estimate of drug-likeness (QED) is 0.688. The van der Waals surface area contributed by atoms with Crippen molar-refractivity contribution >= 4 is 11.9 Å². The van der Waals surface area contributed by atoms with Gasteiger partial charge in [0.1, 0.15) is 17.9 Å². The van der Waals surface area contributed by atoms with Gasteiger partial charge in [-0.15, -0.1) is 0 Å². The van der Waals surface area contributed by atoms with Crippen molar-refractivity contribution in [1.82, 2.24) is 14.7 Å². The van der Waals surface area contributed by atoms with Crippen LogP contribution in [0.15, 0.2) is 24.3 Å². The number of rotatable bonds is 8. The van der Waals surface area contributed by atoms with Gasteiger partial charge in [0.15, 0.2) is 0 Å². The molecule has 3 amide bonds. The normalized spacial score (nSPS) is 25.7. The number of benzene rings is 1. The molecule has 2 aliphatic rings. The summed E-state index contributed by atoms with van der Waals surface area (Å²) < 4.78 is 14.3. The lowest BCUT2D eigenvalue weighted by Gasteiger charge is -2.31. The van der Waals surface area contributed by atoms with Crippen molar-refractivity contribution in [2.24, 2.45) is 11.7 Å². The van der Waals surface area contributed by atoms with Crippen LogP contribution in [0.4, 0.5) is 9.18 Å². The summed E-state index contributed by atoms with van der Waals surface area (Å²) in [5.41, 5.74) is 6.70. The van der Waals surface area contributed by atoms with Crippen LogP contribution >= 0.6 is 0 Å². The molecule has 1 saturated carbocycles. The third-order valence-electron chi connectivity index (χ3n) is 6.58. The number of nitrogens with zero attached hydrogens (tertiary/aromatic N) is 4. The first-order valence-corrected chi connectivity index (χ1v) is 11.0. The molecule has 0 bridgehead atoms. The Morgan fingerprint density at radius 2 is 2.03 bits per heavy atom. The highest BCUT2D eigenvalue weighted by atomic mass is 19.1. The van der Waals surface area contributed by atoms with Gasteiger partial charge in [-0.3, -0.25) is 4.79 Å². The van der Waals surface area contributed by atoms with Crippen LogP contribution in [0.1, 0.15) is 52.1 Å². The van der Waals surface area contributed by atoms with Gasteiger partial charge in [-0.05, 0) is 38.7 Å². The molecule has 168 valence electrons. The zero-order valence-corrected chi connectivity index (χ0v) is 18.7. The highest BCUT2D eigenvalue weighted by Gasteiger charge is 2.45. The van der Waals surface area contributed by atoms with Gasteiger partial charge in [0.05, 0.1) is 18.2 Å². The van der Waals surface area contributed by atoms with E-state index in [0.29, 0.717) is 24.4 Å². The highest BCUT2D eigenvalue weighted by Crippen LogP contribution is 2.37. The Morgan fingerprint density at radius 3 is 2.58 bits per heavy atom. The molecule has 0 spiro atoms. The number of carbonyl (C=O) groups is 2. The number of urea groups is 1. The van der Waals surface area contributed by atoms with Crippen molar-refractivity contribution < 1.29 is 14.0 Å². The molecule has 0 aromatic heterocycles. The lowest BCUT2D eigenvalue weighted by atomic mass is 10.0. The van der Waals surface area contributed by atoms with Crippen molar-refractivity contribution in [2.75, 3.05) is 13.1 Å². The fourth-order valence-corrected chi connectivity index (χ4v) is 4.56. The number of hydrogen-bond donors (Lipinski definition) is 1. The summed E-state index contributed by atoms with van der Waals surface area (Å²) in [4.78, 5) is 31.1. The molecule has 1 saturated heterocycles. The first-order chi connectivity index (χ1) is 14.7. The molecule has 1 heterocycles. The van der Waals surface area contributed by atoms with E-state index in [1.807, 2.05) is 20.8 Å². The Bertz CT molecular complexity index is 872. The van der Waals surface area contributed by atoms with E-state index in [1.54, 1.807) is 39.8 Å². The molecule has 2 fully saturated rings. The summed E-state index contributed by atoms with van der Waals surface area (Å²) in [6, 6.07) is 6.38. The molecule has 6 unspecified atom stereocenters. The molecule has 3 rings (SSSR count). The number of nitriles is 1. The van der Waals surface area contributed by atoms with Gasteiger partial charge in [0, 0.05) is 24.7 Å². The molecular formula is C23H32FN5O2. The summed E-state index contributed by atoms with van der Waals surface area (Å²) in [6.07, 6.45) is 1.57. The maximum absolute atomic E-state index is 14.3. The Morgan fingerprint density at radius 1 is 1.39 bits per heavy atom. The monoisotopic (exact) mass is 429 g/mol. The summed E-state index contributed by atoms with van der Waals surface area (Å²) in [5, 5.41) is 9.33. The SMILES string of the molecule is CCC1CN(CC(N)C(=O)N(C(C)C#N)C2CC2C)C(=O)N1C(C)c1ccccc1F. The van der Waals surface area contributed by atoms with Crippen LogP contribution < -0.4 is 5.73 Å². The van der Waals surface area contributed by atoms with Crippen LogP contribution in [0.5, 0.6) is 0 Å². The van der Waals surface area contributed by atoms with Crippen molar-refractivity contribution in [3.8, 4) is 6.07 Å². The lowest BCUT2D eigenvalue weighted by Crippen LogP contribution is -2.53. The Kier molecular flexibility index (Phi) is 6.85. The van der Waals surface area contributed by atoms with E-state index in [0.717, 1.165) is 6.42 Å². The van der Waals surface area contributed by atoms with Gasteiger partial charge in [-0.1, -0.05) is 32.0 Å². The molecule has 31 heavy (non-hydrogen) atoms. The second kappa shape index (κ2) is 9.23. The minimum Gasteiger partial charge on any atom is -0.322 e. The maximum Gasteiger partial charge on any atom is 0.320 e. The first kappa shape index (κ1) is 23.0. The summed E-state index contributed by atoms with van der Waals surface area (Å²) >= 11 is 0. The predicted molar refractivity (Wildman–Crippen MR) is 115 cm³/mol. The van der Waals surface area contributed by atoms with Crippen molar-refractivity contribution in [3.05, 3.63) is 35.6 Å². The third-order valence-corrected chi connectivity index (χ3v) is 6.58. The van der Waals surface area contributed by atoms with Gasteiger partial charge in [0.2, 0.25) is 5.91 Å². The van der Waals surface area contributed by atoms with Gasteiger partial charge in [0.25, 0.3) is 0 Å². The van der Waals surface area contributed by atoms with Crippen LogP contribution in [-0.2, 0) is 4.79 Å². The first-order valence-electron chi connectivity index (χ1n) is 11.0. The number of halogens is 1. The Hall–Kier alpha value is -2.66. The fraction of sp³-hybridized carbons (Fsp3) is 0.609. The highest BCUT2D eigenvalue weighted by molar-refractivity contribution is 5.85. The molecule has 1 aliphatic carbocycles. The standard InChI is InChI=1S/C23H32FN5O2/c1-5-17-12-27(23(31)29(17)16(4)18-8-6-7-9-19(18)24)13-20(26)22(30)28(15(3)11-25)21-10-14(21)2/h6-9,14-17,20-21H,5,10,12-13,26H2,1-4H3. The minimum atomic E-state index is -0.909. The Labute approximate surface area is 183 Å². The molecule has 1 aromatic rings. The van der Waals surface area contributed by atoms with Crippen molar-refractivity contribution in [1.29, 1.82) is 5.26 Å². The van der Waals surface area contributed by atoms with Crippen molar-refractivity contribution in [2.45, 2.75) is 70.7 Å². The number of amides is 3. The van der Waals surface area contributed by atoms with Crippen LogP contribution in [0.2, 0.25) is 0 Å². The summed E-state index contributed by atoms with van der Waals surface area (Å²) in [7, 11) is 0. The van der Waals surface area contributed by atoms with Gasteiger partial charge >= 0.3 is 6.03 Å². The summed E-state index contributed by atoms with van der Waals surface area (Å²) in [6.45, 7) is 8.05. The smallest absolute Gasteiger partial charge is 0.320 e. The molecule has 6 atom stereocenters. The summed E-state index contributed by atoms with van der Waals surface area (Å²) in [5.74, 6) is -0.297. The maximum atomic E-state index is 14.3. The second-order valence-electron chi connectivity index (χ2n) is 8.79. The fourth-order valence-electron chi connectivity index (χ4n) is 4.56. The predicted octanol–water partition coefficient (Wildman–Crippen LogP) is 2.88. The van der Waals surface area contributed by atoms with E-state index in [2.05, 4.69) is 6.07 Å². The van der Waals surface area contributed by atoms with Crippen LogP contribution in [0.25, 0.3) is 0 Å². The number of hydrogen-bond acceptors (Lipinski definition) is 4. The zero-order valence-electron chi connectivity index (χ0n) is 18.7. The van der Waals surface area contributed by atoms with E-state index in [-0.39, 0.29) is 36.4 Å². The largest absolute Gasteiger partial charge is 0.322 e. The molecule has 1 aromatic carbocycles. The van der Waals surface area contributed by atoms with Gasteiger partial charge < -0.3 is 20.4 Å². The van der Waals surface area contributed by atoms with E-state index in [4.69, 9.17) is 5.73 Å². The number of carbonyl (C=O) groups excluding carboxylic acids is 2. The topological polar surface area (TPSA) is 93.7 Å². The van der Waals surface area contributed by atoms with Crippen LogP contribution in [0, 0.1) is 23.1 Å². The van der Waals surface area contributed by atoms with Crippen LogP contribution in [0.3, 0.4) is 0 Å².